The number of benzene rings is 1. The summed E-state index contributed by atoms with van der Waals surface area (Å²) in [6.07, 6.45) is 0.893. The molecule has 0 atom stereocenters. The van der Waals surface area contributed by atoms with E-state index in [-0.39, 0.29) is 5.92 Å². The largest absolute Gasteiger partial charge is 0.356 e. The number of fused-ring (bicyclic) bond motifs is 1. The van der Waals surface area contributed by atoms with Gasteiger partial charge in [0.2, 0.25) is 0 Å². The van der Waals surface area contributed by atoms with Crippen molar-refractivity contribution in [2.24, 2.45) is 0 Å². The molecule has 2 nitrogen and oxygen atoms in total. The highest BCUT2D eigenvalue weighted by molar-refractivity contribution is 6.35. The SMILES string of the molecule is CC(C)c1[nH]c2c(Cl)cccc2c1C=O. The number of H-pyrrole nitrogens is 1. The van der Waals surface area contributed by atoms with Gasteiger partial charge in [0.05, 0.1) is 10.5 Å². The highest BCUT2D eigenvalue weighted by Gasteiger charge is 2.14. The Hall–Kier alpha value is -1.28. The number of hydrogen-bond acceptors (Lipinski definition) is 1. The average molecular weight is 222 g/mol. The summed E-state index contributed by atoms with van der Waals surface area (Å²) in [5.41, 5.74) is 2.53. The average Bonchev–Trinajstić information content (AvgIpc) is 2.57. The van der Waals surface area contributed by atoms with E-state index in [1.165, 1.54) is 0 Å². The molecule has 0 fully saturated rings. The number of rotatable bonds is 2. The molecule has 0 saturated carbocycles. The minimum atomic E-state index is 0.286. The van der Waals surface area contributed by atoms with Crippen LogP contribution in [0.25, 0.3) is 10.9 Å². The molecule has 0 aliphatic carbocycles. The lowest BCUT2D eigenvalue weighted by atomic mass is 10.0. The highest BCUT2D eigenvalue weighted by atomic mass is 35.5. The summed E-state index contributed by atoms with van der Waals surface area (Å²) < 4.78 is 0. The molecule has 3 heteroatoms. The van der Waals surface area contributed by atoms with Crippen molar-refractivity contribution in [2.75, 3.05) is 0 Å². The van der Waals surface area contributed by atoms with Gasteiger partial charge in [-0.15, -0.1) is 0 Å². The van der Waals surface area contributed by atoms with Crippen molar-refractivity contribution in [3.05, 3.63) is 34.5 Å². The summed E-state index contributed by atoms with van der Waals surface area (Å²) in [4.78, 5) is 14.3. The lowest BCUT2D eigenvalue weighted by Gasteiger charge is -2.01. The van der Waals surface area contributed by atoms with Gasteiger partial charge in [-0.2, -0.15) is 0 Å². The normalized spacial score (nSPS) is 11.2. The minimum absolute atomic E-state index is 0.286. The van der Waals surface area contributed by atoms with Crippen molar-refractivity contribution in [1.29, 1.82) is 0 Å². The molecular weight excluding hydrogens is 210 g/mol. The molecule has 1 heterocycles. The summed E-state index contributed by atoms with van der Waals surface area (Å²) in [6.45, 7) is 4.09. The van der Waals surface area contributed by atoms with E-state index in [4.69, 9.17) is 11.6 Å². The molecule has 1 aromatic carbocycles. The first kappa shape index (κ1) is 10.2. The Morgan fingerprint density at radius 2 is 2.13 bits per heavy atom. The van der Waals surface area contributed by atoms with E-state index in [2.05, 4.69) is 4.98 Å². The van der Waals surface area contributed by atoms with Crippen LogP contribution >= 0.6 is 11.6 Å². The third kappa shape index (κ3) is 1.55. The van der Waals surface area contributed by atoms with Crippen molar-refractivity contribution in [1.82, 2.24) is 4.98 Å². The topological polar surface area (TPSA) is 32.9 Å². The lowest BCUT2D eigenvalue weighted by Crippen LogP contribution is -1.92. The second kappa shape index (κ2) is 3.70. The number of aromatic amines is 1. The molecule has 0 saturated heterocycles. The number of carbonyl (C=O) groups excluding carboxylic acids is 1. The van der Waals surface area contributed by atoms with Crippen LogP contribution in [0, 0.1) is 0 Å². The van der Waals surface area contributed by atoms with Crippen LogP contribution < -0.4 is 0 Å². The third-order valence-corrected chi connectivity index (χ3v) is 2.86. The Bertz CT molecular complexity index is 514. The van der Waals surface area contributed by atoms with Gasteiger partial charge in [0.1, 0.15) is 0 Å². The van der Waals surface area contributed by atoms with Crippen LogP contribution in [0.15, 0.2) is 18.2 Å². The Kier molecular flexibility index (Phi) is 2.53. The maximum Gasteiger partial charge on any atom is 0.152 e. The van der Waals surface area contributed by atoms with Crippen LogP contribution in [0.1, 0.15) is 35.8 Å². The number of aromatic nitrogens is 1. The Labute approximate surface area is 93.2 Å². The first-order valence-electron chi connectivity index (χ1n) is 4.90. The zero-order valence-electron chi connectivity index (χ0n) is 8.67. The summed E-state index contributed by atoms with van der Waals surface area (Å²) >= 11 is 6.06. The number of halogens is 1. The summed E-state index contributed by atoms with van der Waals surface area (Å²) in [5.74, 6) is 0.286. The molecule has 78 valence electrons. The number of aldehydes is 1. The van der Waals surface area contributed by atoms with E-state index in [1.54, 1.807) is 0 Å². The van der Waals surface area contributed by atoms with Gasteiger partial charge in [0.25, 0.3) is 0 Å². The fraction of sp³-hybridized carbons (Fsp3) is 0.250. The zero-order valence-corrected chi connectivity index (χ0v) is 9.43. The maximum absolute atomic E-state index is 11.1. The van der Waals surface area contributed by atoms with E-state index in [0.717, 1.165) is 28.4 Å². The Morgan fingerprint density at radius 3 is 2.73 bits per heavy atom. The lowest BCUT2D eigenvalue weighted by molar-refractivity contribution is 0.112. The van der Waals surface area contributed by atoms with Gasteiger partial charge in [0.15, 0.2) is 6.29 Å². The van der Waals surface area contributed by atoms with Gasteiger partial charge in [-0.25, -0.2) is 0 Å². The second-order valence-corrected chi connectivity index (χ2v) is 4.29. The highest BCUT2D eigenvalue weighted by Crippen LogP contribution is 2.30. The van der Waals surface area contributed by atoms with E-state index in [0.29, 0.717) is 5.02 Å². The van der Waals surface area contributed by atoms with Gasteiger partial charge in [-0.05, 0) is 12.0 Å². The number of carbonyl (C=O) groups is 1. The molecule has 0 aliphatic rings. The van der Waals surface area contributed by atoms with Gasteiger partial charge < -0.3 is 4.98 Å². The number of hydrogen-bond donors (Lipinski definition) is 1. The van der Waals surface area contributed by atoms with Gasteiger partial charge in [0, 0.05) is 16.6 Å². The number of nitrogens with one attached hydrogen (secondary N) is 1. The predicted molar refractivity (Wildman–Crippen MR) is 62.8 cm³/mol. The van der Waals surface area contributed by atoms with Crippen LogP contribution in [0.3, 0.4) is 0 Å². The predicted octanol–water partition coefficient (Wildman–Crippen LogP) is 3.76. The first-order chi connectivity index (χ1) is 7.15. The monoisotopic (exact) mass is 221 g/mol. The fourth-order valence-electron chi connectivity index (χ4n) is 1.81. The molecular formula is C12H12ClNO. The molecule has 0 bridgehead atoms. The maximum atomic E-state index is 11.1. The zero-order chi connectivity index (χ0) is 11.0. The van der Waals surface area contributed by atoms with E-state index >= 15 is 0 Å². The van der Waals surface area contributed by atoms with E-state index in [9.17, 15) is 4.79 Å². The molecule has 0 spiro atoms. The van der Waals surface area contributed by atoms with Gasteiger partial charge in [-0.1, -0.05) is 37.6 Å². The van der Waals surface area contributed by atoms with Crippen LogP contribution in [0.5, 0.6) is 0 Å². The van der Waals surface area contributed by atoms with E-state index in [1.807, 2.05) is 32.0 Å². The fourth-order valence-corrected chi connectivity index (χ4v) is 2.03. The van der Waals surface area contributed by atoms with Crippen LogP contribution in [0.4, 0.5) is 0 Å². The standard InChI is InChI=1S/C12H12ClNO/c1-7(2)11-9(6-15)8-4-3-5-10(13)12(8)14-11/h3-7,14H,1-2H3. The molecule has 1 aromatic heterocycles. The van der Waals surface area contributed by atoms with Crippen molar-refractivity contribution < 1.29 is 4.79 Å². The van der Waals surface area contributed by atoms with Crippen molar-refractivity contribution in [3.8, 4) is 0 Å². The molecule has 0 unspecified atom stereocenters. The van der Waals surface area contributed by atoms with Gasteiger partial charge >= 0.3 is 0 Å². The van der Waals surface area contributed by atoms with Crippen LogP contribution in [-0.2, 0) is 0 Å². The van der Waals surface area contributed by atoms with Gasteiger partial charge in [-0.3, -0.25) is 4.79 Å². The minimum Gasteiger partial charge on any atom is -0.356 e. The molecule has 1 N–H and O–H groups in total. The Balaban J connectivity index is 2.84. The van der Waals surface area contributed by atoms with Crippen LogP contribution in [0.2, 0.25) is 5.02 Å². The smallest absolute Gasteiger partial charge is 0.152 e. The molecule has 0 radical (unpaired) electrons. The molecule has 0 amide bonds. The first-order valence-corrected chi connectivity index (χ1v) is 5.28. The van der Waals surface area contributed by atoms with Crippen molar-refractivity contribution in [2.45, 2.75) is 19.8 Å². The second-order valence-electron chi connectivity index (χ2n) is 3.89. The molecule has 0 aliphatic heterocycles. The van der Waals surface area contributed by atoms with E-state index < -0.39 is 0 Å². The van der Waals surface area contributed by atoms with Crippen molar-refractivity contribution >= 4 is 28.8 Å². The summed E-state index contributed by atoms with van der Waals surface area (Å²) in [7, 11) is 0. The summed E-state index contributed by atoms with van der Waals surface area (Å²) in [5, 5.41) is 1.56. The van der Waals surface area contributed by atoms with Crippen LogP contribution in [-0.4, -0.2) is 11.3 Å². The summed E-state index contributed by atoms with van der Waals surface area (Å²) in [6, 6.07) is 5.59. The number of para-hydroxylation sites is 1. The molecule has 2 aromatic rings. The molecule has 15 heavy (non-hydrogen) atoms. The Morgan fingerprint density at radius 1 is 1.40 bits per heavy atom. The third-order valence-electron chi connectivity index (χ3n) is 2.55. The van der Waals surface area contributed by atoms with Crippen molar-refractivity contribution in [3.63, 3.8) is 0 Å². The quantitative estimate of drug-likeness (QED) is 0.770. The molecule has 2 rings (SSSR count).